The second-order valence-electron chi connectivity index (χ2n) is 4.16. The van der Waals surface area contributed by atoms with E-state index >= 15 is 0 Å². The van der Waals surface area contributed by atoms with Gasteiger partial charge in [0, 0.05) is 12.1 Å². The van der Waals surface area contributed by atoms with Gasteiger partial charge in [-0.2, -0.15) is 0 Å². The van der Waals surface area contributed by atoms with Crippen LogP contribution in [0.25, 0.3) is 0 Å². The Balaban J connectivity index is 1.77. The van der Waals surface area contributed by atoms with E-state index in [-0.39, 0.29) is 0 Å². The predicted molar refractivity (Wildman–Crippen MR) is 83.9 cm³/mol. The molecule has 3 rings (SSSR count). The molecule has 0 fully saturated rings. The van der Waals surface area contributed by atoms with Crippen molar-refractivity contribution in [2.24, 2.45) is 0 Å². The lowest BCUT2D eigenvalue weighted by Crippen LogP contribution is -2.15. The Bertz CT molecular complexity index is 625. The molecule has 1 aliphatic heterocycles. The number of benzene rings is 1. The van der Waals surface area contributed by atoms with Crippen LogP contribution >= 0.6 is 43.5 Å². The largest absolute Gasteiger partial charge is 0.486 e. The molecule has 1 N–H and O–H groups in total. The average molecular weight is 423 g/mol. The fraction of sp³-hybridized carbons (Fsp3) is 0.231. The molecule has 0 aliphatic carbocycles. The van der Waals surface area contributed by atoms with Crippen LogP contribution in [0, 0.1) is 0 Å². The molecule has 0 saturated heterocycles. The Labute approximate surface area is 137 Å². The third-order valence-electron chi connectivity index (χ3n) is 2.78. The van der Waals surface area contributed by atoms with Crippen LogP contribution in [0.4, 0.5) is 5.69 Å². The first-order chi connectivity index (χ1) is 9.63. The fourth-order valence-electron chi connectivity index (χ4n) is 1.86. The summed E-state index contributed by atoms with van der Waals surface area (Å²) < 4.78 is 18.0. The number of fused-ring (bicyclic) bond motifs is 1. The molecule has 0 bridgehead atoms. The van der Waals surface area contributed by atoms with Crippen molar-refractivity contribution in [2.75, 3.05) is 18.5 Å². The van der Waals surface area contributed by atoms with Crippen LogP contribution in [0.3, 0.4) is 0 Å². The summed E-state index contributed by atoms with van der Waals surface area (Å²) >= 11 is 12.9. The van der Waals surface area contributed by atoms with Crippen molar-refractivity contribution >= 4 is 49.1 Å². The zero-order chi connectivity index (χ0) is 14.1. The highest BCUT2D eigenvalue weighted by Gasteiger charge is 2.15. The number of rotatable bonds is 3. The van der Waals surface area contributed by atoms with E-state index in [0.29, 0.717) is 40.9 Å². The molecule has 0 amide bonds. The number of ether oxygens (including phenoxy) is 2. The van der Waals surface area contributed by atoms with Gasteiger partial charge >= 0.3 is 0 Å². The Morgan fingerprint density at radius 1 is 1.10 bits per heavy atom. The molecule has 1 aromatic carbocycles. The van der Waals surface area contributed by atoms with Crippen molar-refractivity contribution in [1.82, 2.24) is 0 Å². The van der Waals surface area contributed by atoms with Crippen molar-refractivity contribution in [3.63, 3.8) is 0 Å². The van der Waals surface area contributed by atoms with Crippen LogP contribution in [0.1, 0.15) is 5.76 Å². The van der Waals surface area contributed by atoms with Gasteiger partial charge < -0.3 is 19.2 Å². The Kier molecular flexibility index (Phi) is 4.14. The minimum Gasteiger partial charge on any atom is -0.486 e. The van der Waals surface area contributed by atoms with Crippen molar-refractivity contribution in [2.45, 2.75) is 6.54 Å². The number of hydrogen-bond donors (Lipinski definition) is 1. The monoisotopic (exact) mass is 421 g/mol. The molecule has 1 aromatic heterocycles. The van der Waals surface area contributed by atoms with Crippen LogP contribution in [-0.2, 0) is 6.54 Å². The molecule has 20 heavy (non-hydrogen) atoms. The molecular formula is C13H10Br2ClNO3. The van der Waals surface area contributed by atoms with E-state index in [4.69, 9.17) is 25.5 Å². The van der Waals surface area contributed by atoms with E-state index < -0.39 is 0 Å². The molecule has 0 radical (unpaired) electrons. The van der Waals surface area contributed by atoms with Crippen molar-refractivity contribution in [3.8, 4) is 11.5 Å². The maximum absolute atomic E-state index is 6.22. The third-order valence-corrected chi connectivity index (χ3v) is 4.80. The number of nitrogens with one attached hydrogen (secondary N) is 1. The van der Waals surface area contributed by atoms with Gasteiger partial charge in [-0.15, -0.1) is 0 Å². The van der Waals surface area contributed by atoms with E-state index in [2.05, 4.69) is 37.2 Å². The molecule has 0 atom stereocenters. The van der Waals surface area contributed by atoms with Crippen LogP contribution in [0.5, 0.6) is 11.5 Å². The summed E-state index contributed by atoms with van der Waals surface area (Å²) in [4.78, 5) is 0. The topological polar surface area (TPSA) is 43.6 Å². The quantitative estimate of drug-likeness (QED) is 0.767. The Morgan fingerprint density at radius 3 is 2.45 bits per heavy atom. The zero-order valence-electron chi connectivity index (χ0n) is 10.2. The molecule has 106 valence electrons. The summed E-state index contributed by atoms with van der Waals surface area (Å²) in [5.74, 6) is 2.16. The summed E-state index contributed by atoms with van der Waals surface area (Å²) in [6, 6.07) is 5.49. The van der Waals surface area contributed by atoms with Gasteiger partial charge in [0.05, 0.1) is 21.7 Å². The van der Waals surface area contributed by atoms with E-state index in [9.17, 15) is 0 Å². The lowest BCUT2D eigenvalue weighted by Gasteiger charge is -2.20. The Hall–Kier alpha value is -0.850. The lowest BCUT2D eigenvalue weighted by atomic mass is 10.2. The first-order valence-electron chi connectivity index (χ1n) is 5.90. The van der Waals surface area contributed by atoms with Crippen molar-refractivity contribution in [3.05, 3.63) is 38.1 Å². The number of anilines is 1. The summed E-state index contributed by atoms with van der Waals surface area (Å²) in [6.45, 7) is 1.61. The van der Waals surface area contributed by atoms with Gasteiger partial charge in [-0.3, -0.25) is 0 Å². The van der Waals surface area contributed by atoms with Gasteiger partial charge in [0.25, 0.3) is 0 Å². The summed E-state index contributed by atoms with van der Waals surface area (Å²) in [5.41, 5.74) is 0.777. The van der Waals surface area contributed by atoms with Gasteiger partial charge in [-0.05, 0) is 37.9 Å². The molecule has 2 aromatic rings. The van der Waals surface area contributed by atoms with Crippen LogP contribution in [0.2, 0.25) is 5.02 Å². The molecule has 7 heteroatoms. The van der Waals surface area contributed by atoms with Gasteiger partial charge in [-0.25, -0.2) is 0 Å². The van der Waals surface area contributed by atoms with Crippen LogP contribution in [0.15, 0.2) is 31.8 Å². The molecule has 0 spiro atoms. The Morgan fingerprint density at radius 2 is 1.80 bits per heavy atom. The number of furan rings is 1. The summed E-state index contributed by atoms with van der Waals surface area (Å²) in [5, 5.41) is 3.80. The minimum atomic E-state index is 0.517. The molecule has 0 saturated carbocycles. The highest BCUT2D eigenvalue weighted by molar-refractivity contribution is 9.13. The molecule has 4 nitrogen and oxygen atoms in total. The fourth-order valence-corrected chi connectivity index (χ4v) is 2.74. The van der Waals surface area contributed by atoms with E-state index in [1.807, 2.05) is 12.1 Å². The van der Waals surface area contributed by atoms with Gasteiger partial charge in [0.2, 0.25) is 0 Å². The minimum absolute atomic E-state index is 0.517. The molecular weight excluding hydrogens is 413 g/mol. The second kappa shape index (κ2) is 5.87. The van der Waals surface area contributed by atoms with E-state index in [1.54, 1.807) is 6.07 Å². The SMILES string of the molecule is Clc1cc2c(cc1NCc1cc(Br)c(Br)o1)OCCO2. The van der Waals surface area contributed by atoms with Gasteiger partial charge in [0.1, 0.15) is 19.0 Å². The maximum Gasteiger partial charge on any atom is 0.183 e. The lowest BCUT2D eigenvalue weighted by molar-refractivity contribution is 0.171. The highest BCUT2D eigenvalue weighted by atomic mass is 79.9. The van der Waals surface area contributed by atoms with E-state index in [1.165, 1.54) is 0 Å². The smallest absolute Gasteiger partial charge is 0.183 e. The number of halogens is 3. The standard InChI is InChI=1S/C13H10Br2ClNO3/c14-8-3-7(20-13(8)15)6-17-10-5-12-11(4-9(10)16)18-1-2-19-12/h3-5,17H,1-2,6H2. The summed E-state index contributed by atoms with van der Waals surface area (Å²) in [7, 11) is 0. The van der Waals surface area contributed by atoms with Gasteiger partial charge in [-0.1, -0.05) is 11.6 Å². The first kappa shape index (κ1) is 14.1. The van der Waals surface area contributed by atoms with E-state index in [0.717, 1.165) is 15.9 Å². The average Bonchev–Trinajstić information content (AvgIpc) is 2.75. The van der Waals surface area contributed by atoms with Gasteiger partial charge in [0.15, 0.2) is 16.2 Å². The first-order valence-corrected chi connectivity index (χ1v) is 7.86. The highest BCUT2D eigenvalue weighted by Crippen LogP contribution is 2.38. The molecule has 0 unspecified atom stereocenters. The van der Waals surface area contributed by atoms with Crippen LogP contribution < -0.4 is 14.8 Å². The van der Waals surface area contributed by atoms with Crippen molar-refractivity contribution < 1.29 is 13.9 Å². The summed E-state index contributed by atoms with van der Waals surface area (Å²) in [6.07, 6.45) is 0. The van der Waals surface area contributed by atoms with Crippen LogP contribution in [-0.4, -0.2) is 13.2 Å². The van der Waals surface area contributed by atoms with Crippen molar-refractivity contribution in [1.29, 1.82) is 0 Å². The second-order valence-corrected chi connectivity index (χ2v) is 6.15. The molecule has 1 aliphatic rings. The third kappa shape index (κ3) is 2.92. The zero-order valence-corrected chi connectivity index (χ0v) is 14.1. The predicted octanol–water partition coefficient (Wildman–Crippen LogP) is 4.84. The normalized spacial score (nSPS) is 13.3. The number of hydrogen-bond acceptors (Lipinski definition) is 4. The molecule has 2 heterocycles. The maximum atomic E-state index is 6.22.